The number of ether oxygens (including phenoxy) is 2. The van der Waals surface area contributed by atoms with Crippen LogP contribution < -0.4 is 4.74 Å². The van der Waals surface area contributed by atoms with Crippen molar-refractivity contribution in [3.8, 4) is 5.75 Å². The molecule has 2 aliphatic rings. The first-order chi connectivity index (χ1) is 14.0. The minimum absolute atomic E-state index is 0.0261. The molecule has 0 aromatic carbocycles. The Kier molecular flexibility index (Phi) is 8.85. The monoisotopic (exact) mass is 404 g/mol. The minimum atomic E-state index is -0.125. The Hall–Kier alpha value is -2.19. The second-order valence-electron chi connectivity index (χ2n) is 7.33. The summed E-state index contributed by atoms with van der Waals surface area (Å²) in [5.41, 5.74) is 1.27. The molecule has 162 valence electrons. The molecule has 0 spiro atoms. The van der Waals surface area contributed by atoms with Crippen LogP contribution in [-0.2, 0) is 4.74 Å². The highest BCUT2D eigenvalue weighted by Gasteiger charge is 2.28. The number of methoxy groups -OCH3 is 1. The van der Waals surface area contributed by atoms with E-state index in [0.29, 0.717) is 17.5 Å². The molecule has 0 aliphatic carbocycles. The second-order valence-corrected chi connectivity index (χ2v) is 7.33. The Morgan fingerprint density at radius 1 is 1.07 bits per heavy atom. The van der Waals surface area contributed by atoms with Crippen LogP contribution in [0.4, 0.5) is 0 Å². The molecule has 8 nitrogen and oxygen atoms in total. The summed E-state index contributed by atoms with van der Waals surface area (Å²) < 4.78 is 10.7. The summed E-state index contributed by atoms with van der Waals surface area (Å²) in [6.45, 7) is 12.0. The summed E-state index contributed by atoms with van der Waals surface area (Å²) in [6.07, 6.45) is 3.70. The number of nitrogens with one attached hydrogen (secondary N) is 2. The zero-order valence-electron chi connectivity index (χ0n) is 18.5. The van der Waals surface area contributed by atoms with Crippen molar-refractivity contribution in [2.75, 3.05) is 53.4 Å². The van der Waals surface area contributed by atoms with E-state index in [-0.39, 0.29) is 11.9 Å². The third kappa shape index (κ3) is 6.14. The van der Waals surface area contributed by atoms with Gasteiger partial charge in [-0.3, -0.25) is 20.7 Å². The number of likely N-dealkylation sites (N-methyl/N-ethyl adjacent to an activating group) is 1. The fourth-order valence-electron chi connectivity index (χ4n) is 3.68. The largest absolute Gasteiger partial charge is 0.496 e. The Morgan fingerprint density at radius 2 is 1.69 bits per heavy atom. The summed E-state index contributed by atoms with van der Waals surface area (Å²) in [5.74, 6) is 0.535. The van der Waals surface area contributed by atoms with Gasteiger partial charge in [0, 0.05) is 63.1 Å². The highest BCUT2D eigenvalue weighted by Crippen LogP contribution is 2.20. The summed E-state index contributed by atoms with van der Waals surface area (Å²) in [6, 6.07) is 2.29. The van der Waals surface area contributed by atoms with Crippen molar-refractivity contribution in [3.05, 3.63) is 23.5 Å². The molecule has 0 saturated carbocycles. The predicted octanol–water partition coefficient (Wildman–Crippen LogP) is 2.41. The van der Waals surface area contributed by atoms with Crippen LogP contribution in [0.2, 0.25) is 0 Å². The van der Waals surface area contributed by atoms with Gasteiger partial charge in [0.25, 0.3) is 6.02 Å². The zero-order valence-corrected chi connectivity index (χ0v) is 18.5. The lowest BCUT2D eigenvalue weighted by atomic mass is 10.0. The zero-order chi connectivity index (χ0) is 21.4. The van der Waals surface area contributed by atoms with E-state index >= 15 is 0 Å². The van der Waals surface area contributed by atoms with Gasteiger partial charge < -0.3 is 19.3 Å². The number of likely N-dealkylation sites (tertiary alicyclic amines) is 1. The predicted molar refractivity (Wildman–Crippen MR) is 116 cm³/mol. The number of hydrogen-bond acceptors (Lipinski definition) is 7. The van der Waals surface area contributed by atoms with Gasteiger partial charge in [0.2, 0.25) is 5.90 Å². The lowest BCUT2D eigenvalue weighted by Gasteiger charge is -2.42. The standard InChI is InChI=1S/C19H30N6O2.C2H6/c1-14-13-22-16(12-17(14)26-3)18(20)27-19(21)25-6-4-15(5-7-25)24-10-8-23(2)9-11-24;1-2/h12-13,15,20-21H,4-11H2,1-3H3;1-2H3. The SMILES string of the molecule is CC.COc1cc(C(=N)OC(=N)N2CCC(N3CCN(C)CC3)CC2)ncc1C. The molecule has 0 amide bonds. The van der Waals surface area contributed by atoms with E-state index in [4.69, 9.17) is 20.3 Å². The molecule has 0 atom stereocenters. The van der Waals surface area contributed by atoms with Crippen LogP contribution in [0.5, 0.6) is 5.75 Å². The number of aryl methyl sites for hydroxylation is 1. The summed E-state index contributed by atoms with van der Waals surface area (Å²) >= 11 is 0. The van der Waals surface area contributed by atoms with Crippen LogP contribution in [0.25, 0.3) is 0 Å². The van der Waals surface area contributed by atoms with E-state index in [2.05, 4.69) is 21.8 Å². The molecule has 0 bridgehead atoms. The number of piperidine rings is 1. The normalized spacial score (nSPS) is 18.6. The lowest BCUT2D eigenvalue weighted by molar-refractivity contribution is 0.0786. The van der Waals surface area contributed by atoms with Crippen LogP contribution in [0.3, 0.4) is 0 Å². The summed E-state index contributed by atoms with van der Waals surface area (Å²) in [7, 11) is 3.76. The van der Waals surface area contributed by atoms with Gasteiger partial charge in [-0.2, -0.15) is 0 Å². The maximum atomic E-state index is 8.22. The maximum absolute atomic E-state index is 8.22. The van der Waals surface area contributed by atoms with E-state index in [0.717, 1.165) is 57.7 Å². The molecule has 0 unspecified atom stereocenters. The van der Waals surface area contributed by atoms with Crippen LogP contribution >= 0.6 is 0 Å². The van der Waals surface area contributed by atoms with Gasteiger partial charge in [0.05, 0.1) is 7.11 Å². The van der Waals surface area contributed by atoms with Gasteiger partial charge in [0.15, 0.2) is 0 Å². The molecule has 3 rings (SSSR count). The van der Waals surface area contributed by atoms with Gasteiger partial charge in [-0.1, -0.05) is 13.8 Å². The van der Waals surface area contributed by atoms with Crippen molar-refractivity contribution >= 4 is 11.9 Å². The second kappa shape index (κ2) is 11.1. The third-order valence-electron chi connectivity index (χ3n) is 5.51. The van der Waals surface area contributed by atoms with Crippen LogP contribution in [0, 0.1) is 17.7 Å². The topological polar surface area (TPSA) is 88.8 Å². The fraction of sp³-hybridized carbons (Fsp3) is 0.667. The molecule has 2 fully saturated rings. The van der Waals surface area contributed by atoms with E-state index in [1.165, 1.54) is 0 Å². The van der Waals surface area contributed by atoms with Gasteiger partial charge in [-0.25, -0.2) is 0 Å². The minimum Gasteiger partial charge on any atom is -0.496 e. The maximum Gasteiger partial charge on any atom is 0.291 e. The van der Waals surface area contributed by atoms with E-state index in [1.54, 1.807) is 19.4 Å². The third-order valence-corrected chi connectivity index (χ3v) is 5.51. The van der Waals surface area contributed by atoms with E-state index in [9.17, 15) is 0 Å². The van der Waals surface area contributed by atoms with Crippen molar-refractivity contribution in [1.29, 1.82) is 10.8 Å². The highest BCUT2D eigenvalue weighted by molar-refractivity contribution is 5.97. The first-order valence-electron chi connectivity index (χ1n) is 10.5. The van der Waals surface area contributed by atoms with Crippen molar-refractivity contribution in [3.63, 3.8) is 0 Å². The molecule has 1 aromatic rings. The Bertz CT molecular complexity index is 680. The molecule has 2 N–H and O–H groups in total. The van der Waals surface area contributed by atoms with Crippen LogP contribution in [-0.4, -0.2) is 91.1 Å². The van der Waals surface area contributed by atoms with Crippen LogP contribution in [0.15, 0.2) is 12.3 Å². The molecule has 0 radical (unpaired) electrons. The molecule has 2 aliphatic heterocycles. The van der Waals surface area contributed by atoms with E-state index in [1.807, 2.05) is 25.7 Å². The number of piperazine rings is 1. The lowest BCUT2D eigenvalue weighted by Crippen LogP contribution is -2.53. The van der Waals surface area contributed by atoms with Gasteiger partial charge in [-0.15, -0.1) is 0 Å². The molecular weight excluding hydrogens is 368 g/mol. The number of hydrogen-bond donors (Lipinski definition) is 2. The first kappa shape index (κ1) is 23.1. The smallest absolute Gasteiger partial charge is 0.291 e. The van der Waals surface area contributed by atoms with Crippen molar-refractivity contribution in [2.24, 2.45) is 0 Å². The summed E-state index contributed by atoms with van der Waals surface area (Å²) in [5, 5.41) is 16.3. The Balaban J connectivity index is 0.00000145. The number of amidine groups is 1. The molecule has 2 saturated heterocycles. The first-order valence-corrected chi connectivity index (χ1v) is 10.5. The number of aromatic nitrogens is 1. The number of nitrogens with zero attached hydrogens (tertiary/aromatic N) is 4. The average Bonchev–Trinajstić information content (AvgIpc) is 2.76. The Morgan fingerprint density at radius 3 is 2.28 bits per heavy atom. The Labute approximate surface area is 174 Å². The van der Waals surface area contributed by atoms with Gasteiger partial charge >= 0.3 is 0 Å². The van der Waals surface area contributed by atoms with Crippen molar-refractivity contribution in [2.45, 2.75) is 39.7 Å². The fourth-order valence-corrected chi connectivity index (χ4v) is 3.68. The van der Waals surface area contributed by atoms with Gasteiger partial charge in [0.1, 0.15) is 11.4 Å². The average molecular weight is 405 g/mol. The highest BCUT2D eigenvalue weighted by atomic mass is 16.5. The molecule has 29 heavy (non-hydrogen) atoms. The van der Waals surface area contributed by atoms with Gasteiger partial charge in [-0.05, 0) is 26.8 Å². The van der Waals surface area contributed by atoms with Crippen molar-refractivity contribution in [1.82, 2.24) is 19.7 Å². The molecular formula is C21H36N6O2. The van der Waals surface area contributed by atoms with E-state index < -0.39 is 0 Å². The molecule has 8 heteroatoms. The van der Waals surface area contributed by atoms with Crippen molar-refractivity contribution < 1.29 is 9.47 Å². The number of pyridine rings is 1. The van der Waals surface area contributed by atoms with Crippen LogP contribution in [0.1, 0.15) is 37.9 Å². The summed E-state index contributed by atoms with van der Waals surface area (Å²) in [4.78, 5) is 11.1. The molecule has 3 heterocycles. The number of rotatable bonds is 3. The molecule has 1 aromatic heterocycles. The quantitative estimate of drug-likeness (QED) is 0.594.